The molecule has 0 aromatic heterocycles. The van der Waals surface area contributed by atoms with Crippen molar-refractivity contribution < 1.29 is 4.79 Å². The van der Waals surface area contributed by atoms with E-state index in [1.54, 1.807) is 0 Å². The van der Waals surface area contributed by atoms with E-state index in [0.29, 0.717) is 5.91 Å². The lowest BCUT2D eigenvalue weighted by molar-refractivity contribution is -0.130. The molecule has 2 aliphatic rings. The predicted octanol–water partition coefficient (Wildman–Crippen LogP) is 1.33. The van der Waals surface area contributed by atoms with Crippen molar-refractivity contribution >= 4 is 5.91 Å². The fourth-order valence-electron chi connectivity index (χ4n) is 2.00. The van der Waals surface area contributed by atoms with Gasteiger partial charge in [-0.25, -0.2) is 0 Å². The Hall–Kier alpha value is -0.790. The molecule has 1 atom stereocenters. The Kier molecular flexibility index (Phi) is 1.31. The summed E-state index contributed by atoms with van der Waals surface area (Å²) in [4.78, 5) is 13.3. The molecule has 0 unspecified atom stereocenters. The molecule has 0 aromatic rings. The van der Waals surface area contributed by atoms with E-state index >= 15 is 0 Å². The van der Waals surface area contributed by atoms with Crippen LogP contribution in [-0.4, -0.2) is 22.9 Å². The fraction of sp³-hybridized carbons (Fsp3) is 0.667. The van der Waals surface area contributed by atoms with E-state index in [-0.39, 0.29) is 5.54 Å². The normalized spacial score (nSPS) is 36.1. The molecule has 2 aliphatic heterocycles. The van der Waals surface area contributed by atoms with Gasteiger partial charge in [0.25, 0.3) is 0 Å². The average molecular weight is 151 g/mol. The number of hydrogen-bond acceptors (Lipinski definition) is 1. The Balaban J connectivity index is 2.29. The van der Waals surface area contributed by atoms with Crippen LogP contribution >= 0.6 is 0 Å². The largest absolute Gasteiger partial charge is 0.333 e. The summed E-state index contributed by atoms with van der Waals surface area (Å²) < 4.78 is 0. The number of fused-ring (bicyclic) bond motifs is 1. The quantitative estimate of drug-likeness (QED) is 0.478. The molecule has 2 heterocycles. The topological polar surface area (TPSA) is 20.3 Å². The molecular formula is C9H13NO. The minimum atomic E-state index is 0.159. The van der Waals surface area contributed by atoms with Gasteiger partial charge in [-0.1, -0.05) is 12.2 Å². The van der Waals surface area contributed by atoms with Gasteiger partial charge < -0.3 is 4.90 Å². The van der Waals surface area contributed by atoms with Crippen molar-refractivity contribution in [2.45, 2.75) is 31.7 Å². The molecule has 2 rings (SSSR count). The van der Waals surface area contributed by atoms with Crippen LogP contribution in [0, 0.1) is 0 Å². The minimum absolute atomic E-state index is 0.159. The Morgan fingerprint density at radius 2 is 2.36 bits per heavy atom. The highest BCUT2D eigenvalue weighted by Gasteiger charge is 2.40. The zero-order valence-corrected chi connectivity index (χ0v) is 6.84. The molecule has 0 aromatic carbocycles. The van der Waals surface area contributed by atoms with Gasteiger partial charge in [-0.2, -0.15) is 0 Å². The molecule has 60 valence electrons. The first kappa shape index (κ1) is 6.89. The third-order valence-electron chi connectivity index (χ3n) is 2.84. The van der Waals surface area contributed by atoms with Gasteiger partial charge in [-0.3, -0.25) is 4.79 Å². The summed E-state index contributed by atoms with van der Waals surface area (Å²) in [6, 6.07) is 0. The van der Waals surface area contributed by atoms with Gasteiger partial charge in [-0.05, 0) is 19.8 Å². The Labute approximate surface area is 66.9 Å². The van der Waals surface area contributed by atoms with Crippen LogP contribution in [0.5, 0.6) is 0 Å². The van der Waals surface area contributed by atoms with Crippen molar-refractivity contribution in [2.75, 3.05) is 6.54 Å². The smallest absolute Gasteiger partial charge is 0.223 e. The van der Waals surface area contributed by atoms with Crippen LogP contribution in [0.25, 0.3) is 0 Å². The maximum absolute atomic E-state index is 11.3. The summed E-state index contributed by atoms with van der Waals surface area (Å²) in [6.45, 7) is 3.01. The maximum atomic E-state index is 11.3. The summed E-state index contributed by atoms with van der Waals surface area (Å²) in [6.07, 6.45) is 7.10. The lowest BCUT2D eigenvalue weighted by Crippen LogP contribution is -2.44. The number of amides is 1. The first-order valence-corrected chi connectivity index (χ1v) is 4.18. The molecule has 2 nitrogen and oxygen atoms in total. The molecule has 2 heteroatoms. The molecule has 0 saturated carbocycles. The highest BCUT2D eigenvalue weighted by Crippen LogP contribution is 2.34. The number of hydrogen-bond donors (Lipinski definition) is 0. The lowest BCUT2D eigenvalue weighted by atomic mass is 9.92. The van der Waals surface area contributed by atoms with Crippen LogP contribution in [0.4, 0.5) is 0 Å². The molecular weight excluding hydrogens is 138 g/mol. The van der Waals surface area contributed by atoms with Gasteiger partial charge in [0.1, 0.15) is 0 Å². The second-order valence-electron chi connectivity index (χ2n) is 3.68. The van der Waals surface area contributed by atoms with Gasteiger partial charge >= 0.3 is 0 Å². The van der Waals surface area contributed by atoms with Gasteiger partial charge in [-0.15, -0.1) is 0 Å². The maximum Gasteiger partial charge on any atom is 0.223 e. The van der Waals surface area contributed by atoms with Crippen LogP contribution in [0.15, 0.2) is 12.2 Å². The van der Waals surface area contributed by atoms with Crippen molar-refractivity contribution in [3.05, 3.63) is 12.2 Å². The second kappa shape index (κ2) is 2.10. The summed E-state index contributed by atoms with van der Waals surface area (Å²) in [5.41, 5.74) is 0.159. The Morgan fingerprint density at radius 3 is 3.09 bits per heavy atom. The zero-order valence-electron chi connectivity index (χ0n) is 6.84. The van der Waals surface area contributed by atoms with Crippen molar-refractivity contribution in [1.82, 2.24) is 4.90 Å². The molecule has 0 aliphatic carbocycles. The van der Waals surface area contributed by atoms with E-state index in [0.717, 1.165) is 25.8 Å². The molecule has 1 amide bonds. The number of nitrogens with zero attached hydrogens (tertiary/aromatic N) is 1. The summed E-state index contributed by atoms with van der Waals surface area (Å²) in [5, 5.41) is 0. The van der Waals surface area contributed by atoms with E-state index < -0.39 is 0 Å². The highest BCUT2D eigenvalue weighted by atomic mass is 16.2. The molecule has 1 fully saturated rings. The molecule has 1 saturated heterocycles. The SMILES string of the molecule is C[C@]12CC=CCN1C(=O)CC2. The standard InChI is InChI=1S/C9H13NO/c1-9-5-2-3-7-10(9)8(11)4-6-9/h2-3H,4-7H2,1H3/t9-/m1/s1. The van der Waals surface area contributed by atoms with E-state index in [2.05, 4.69) is 19.1 Å². The van der Waals surface area contributed by atoms with E-state index in [4.69, 9.17) is 0 Å². The lowest BCUT2D eigenvalue weighted by Gasteiger charge is -2.36. The van der Waals surface area contributed by atoms with Crippen LogP contribution in [-0.2, 0) is 4.79 Å². The van der Waals surface area contributed by atoms with Crippen molar-refractivity contribution in [1.29, 1.82) is 0 Å². The van der Waals surface area contributed by atoms with Gasteiger partial charge in [0.05, 0.1) is 0 Å². The minimum Gasteiger partial charge on any atom is -0.333 e. The highest BCUT2D eigenvalue weighted by molar-refractivity contribution is 5.80. The summed E-state index contributed by atoms with van der Waals surface area (Å²) >= 11 is 0. The van der Waals surface area contributed by atoms with Crippen molar-refractivity contribution in [3.63, 3.8) is 0 Å². The molecule has 0 N–H and O–H groups in total. The van der Waals surface area contributed by atoms with Crippen LogP contribution in [0.2, 0.25) is 0 Å². The molecule has 0 radical (unpaired) electrons. The fourth-order valence-corrected chi connectivity index (χ4v) is 2.00. The monoisotopic (exact) mass is 151 g/mol. The van der Waals surface area contributed by atoms with Gasteiger partial charge in [0.2, 0.25) is 5.91 Å². The molecule has 0 bridgehead atoms. The molecule has 11 heavy (non-hydrogen) atoms. The third kappa shape index (κ3) is 0.889. The van der Waals surface area contributed by atoms with Crippen LogP contribution < -0.4 is 0 Å². The summed E-state index contributed by atoms with van der Waals surface area (Å²) in [7, 11) is 0. The zero-order chi connectivity index (χ0) is 7.90. The van der Waals surface area contributed by atoms with E-state index in [1.807, 2.05) is 4.90 Å². The number of carbonyl (C=O) groups is 1. The van der Waals surface area contributed by atoms with E-state index in [1.165, 1.54) is 0 Å². The average Bonchev–Trinajstić information content (AvgIpc) is 2.29. The van der Waals surface area contributed by atoms with Crippen LogP contribution in [0.3, 0.4) is 0 Å². The van der Waals surface area contributed by atoms with E-state index in [9.17, 15) is 4.79 Å². The van der Waals surface area contributed by atoms with Crippen molar-refractivity contribution in [2.24, 2.45) is 0 Å². The second-order valence-corrected chi connectivity index (χ2v) is 3.68. The first-order valence-electron chi connectivity index (χ1n) is 4.18. The van der Waals surface area contributed by atoms with Gasteiger partial charge in [0, 0.05) is 18.5 Å². The third-order valence-corrected chi connectivity index (χ3v) is 2.84. The number of carbonyl (C=O) groups excluding carboxylic acids is 1. The predicted molar refractivity (Wildman–Crippen MR) is 43.1 cm³/mol. The first-order chi connectivity index (χ1) is 5.22. The Bertz CT molecular complexity index is 222. The summed E-state index contributed by atoms with van der Waals surface area (Å²) in [5.74, 6) is 0.330. The van der Waals surface area contributed by atoms with Gasteiger partial charge in [0.15, 0.2) is 0 Å². The molecule has 0 spiro atoms. The number of rotatable bonds is 0. The Morgan fingerprint density at radius 1 is 1.55 bits per heavy atom. The van der Waals surface area contributed by atoms with Crippen LogP contribution in [0.1, 0.15) is 26.2 Å². The van der Waals surface area contributed by atoms with Crippen molar-refractivity contribution in [3.8, 4) is 0 Å².